The zero-order valence-corrected chi connectivity index (χ0v) is 12.0. The van der Waals surface area contributed by atoms with Crippen molar-refractivity contribution in [2.75, 3.05) is 12.4 Å². The molecule has 5 nitrogen and oxygen atoms in total. The van der Waals surface area contributed by atoms with Gasteiger partial charge >= 0.3 is 0 Å². The quantitative estimate of drug-likeness (QED) is 0.480. The number of nitrogens with zero attached hydrogens (tertiary/aromatic N) is 2. The summed E-state index contributed by atoms with van der Waals surface area (Å²) in [6.07, 6.45) is 3.35. The lowest BCUT2D eigenvalue weighted by Crippen LogP contribution is -1.94. The van der Waals surface area contributed by atoms with Gasteiger partial charge < -0.3 is 9.30 Å². The molecule has 0 aliphatic carbocycles. The fourth-order valence-corrected chi connectivity index (χ4v) is 2.27. The molecule has 0 bridgehead atoms. The van der Waals surface area contributed by atoms with E-state index in [-0.39, 0.29) is 10.6 Å². The smallest absolute Gasteiger partial charge is 0.294 e. The van der Waals surface area contributed by atoms with Gasteiger partial charge in [-0.25, -0.2) is 0 Å². The van der Waals surface area contributed by atoms with E-state index in [9.17, 15) is 10.1 Å². The predicted molar refractivity (Wildman–Crippen MR) is 76.9 cm³/mol. The van der Waals surface area contributed by atoms with E-state index < -0.39 is 0 Å². The molecule has 6 heteroatoms. The van der Waals surface area contributed by atoms with Gasteiger partial charge in [0.15, 0.2) is 0 Å². The van der Waals surface area contributed by atoms with Gasteiger partial charge in [-0.2, -0.15) is 0 Å². The second-order valence-electron chi connectivity index (χ2n) is 3.97. The highest BCUT2D eigenvalue weighted by molar-refractivity contribution is 9.09. The average molecular weight is 325 g/mol. The van der Waals surface area contributed by atoms with Crippen LogP contribution in [0.5, 0.6) is 5.75 Å². The largest absolute Gasteiger partial charge is 0.497 e. The summed E-state index contributed by atoms with van der Waals surface area (Å²) in [5, 5.41) is 11.8. The van der Waals surface area contributed by atoms with Crippen LogP contribution in [0.4, 0.5) is 5.69 Å². The number of ether oxygens (including phenoxy) is 1. The Kier molecular flexibility index (Phi) is 4.21. The third kappa shape index (κ3) is 2.96. The van der Waals surface area contributed by atoms with Crippen molar-refractivity contribution in [3.63, 3.8) is 0 Å². The van der Waals surface area contributed by atoms with Crippen molar-refractivity contribution >= 4 is 21.6 Å². The molecule has 2 rings (SSSR count). The third-order valence-corrected chi connectivity index (χ3v) is 3.15. The van der Waals surface area contributed by atoms with Gasteiger partial charge in [0.1, 0.15) is 5.75 Å². The minimum Gasteiger partial charge on any atom is -0.497 e. The minimum atomic E-state index is -0.357. The Bertz CT molecular complexity index is 578. The average Bonchev–Trinajstić information content (AvgIpc) is 2.83. The number of halogens is 1. The number of rotatable bonds is 5. The second-order valence-corrected chi connectivity index (χ2v) is 4.76. The van der Waals surface area contributed by atoms with Crippen molar-refractivity contribution in [3.05, 3.63) is 46.8 Å². The highest BCUT2D eigenvalue weighted by Gasteiger charge is 2.18. The molecule has 0 saturated carbocycles. The van der Waals surface area contributed by atoms with Crippen LogP contribution in [-0.2, 0) is 6.54 Å². The van der Waals surface area contributed by atoms with E-state index in [1.165, 1.54) is 0 Å². The highest BCUT2D eigenvalue weighted by Crippen LogP contribution is 2.31. The zero-order chi connectivity index (χ0) is 13.8. The molecule has 19 heavy (non-hydrogen) atoms. The number of aromatic nitrogens is 1. The minimum absolute atomic E-state index is 0.117. The summed E-state index contributed by atoms with van der Waals surface area (Å²) < 4.78 is 6.89. The fourth-order valence-electron chi connectivity index (χ4n) is 1.86. The van der Waals surface area contributed by atoms with E-state index >= 15 is 0 Å². The monoisotopic (exact) mass is 324 g/mol. The molecule has 1 heterocycles. The molecule has 0 radical (unpaired) electrons. The lowest BCUT2D eigenvalue weighted by molar-refractivity contribution is -0.384. The van der Waals surface area contributed by atoms with Gasteiger partial charge in [0.25, 0.3) is 5.69 Å². The van der Waals surface area contributed by atoms with Crippen LogP contribution in [-0.4, -0.2) is 21.9 Å². The maximum Gasteiger partial charge on any atom is 0.294 e. The van der Waals surface area contributed by atoms with Crippen LogP contribution >= 0.6 is 15.9 Å². The molecule has 0 N–H and O–H groups in total. The fraction of sp³-hybridized carbons (Fsp3) is 0.231. The van der Waals surface area contributed by atoms with E-state index in [0.29, 0.717) is 12.1 Å². The number of methoxy groups -OCH3 is 1. The standard InChI is InChI=1S/C13H13BrN2O3/c1-19-11-4-2-10(3-5-11)12-8-15(7-6-14)9-13(12)16(17)18/h2-5,8-9H,6-7H2,1H3. The molecule has 0 aliphatic rings. The van der Waals surface area contributed by atoms with Gasteiger partial charge in [-0.05, 0) is 17.7 Å². The summed E-state index contributed by atoms with van der Waals surface area (Å²) in [4.78, 5) is 10.7. The molecule has 0 amide bonds. The highest BCUT2D eigenvalue weighted by atomic mass is 79.9. The second kappa shape index (κ2) is 5.88. The molecule has 0 aliphatic heterocycles. The summed E-state index contributed by atoms with van der Waals surface area (Å²) in [7, 11) is 1.59. The molecule has 0 spiro atoms. The van der Waals surface area contributed by atoms with Crippen LogP contribution in [0.3, 0.4) is 0 Å². The first-order chi connectivity index (χ1) is 9.15. The first-order valence-corrected chi connectivity index (χ1v) is 6.82. The summed E-state index contributed by atoms with van der Waals surface area (Å²) in [6, 6.07) is 7.22. The molecule has 0 saturated heterocycles. The molecule has 1 aromatic heterocycles. The first-order valence-electron chi connectivity index (χ1n) is 5.70. The van der Waals surface area contributed by atoms with Crippen molar-refractivity contribution in [2.45, 2.75) is 6.54 Å². The number of hydrogen-bond donors (Lipinski definition) is 0. The van der Waals surface area contributed by atoms with Gasteiger partial charge in [0.2, 0.25) is 0 Å². The Balaban J connectivity index is 2.43. The molecular formula is C13H13BrN2O3. The van der Waals surface area contributed by atoms with Crippen molar-refractivity contribution < 1.29 is 9.66 Å². The van der Waals surface area contributed by atoms with E-state index in [1.807, 2.05) is 16.7 Å². The number of hydrogen-bond acceptors (Lipinski definition) is 3. The number of aryl methyl sites for hydroxylation is 1. The topological polar surface area (TPSA) is 57.3 Å². The van der Waals surface area contributed by atoms with Crippen LogP contribution in [0.2, 0.25) is 0 Å². The van der Waals surface area contributed by atoms with Gasteiger partial charge in [0, 0.05) is 18.1 Å². The van der Waals surface area contributed by atoms with Gasteiger partial charge in [-0.15, -0.1) is 0 Å². The maximum atomic E-state index is 11.1. The molecule has 2 aromatic rings. The predicted octanol–water partition coefficient (Wildman–Crippen LogP) is 3.47. The van der Waals surface area contributed by atoms with E-state index in [4.69, 9.17) is 4.74 Å². The van der Waals surface area contributed by atoms with Crippen molar-refractivity contribution in [1.82, 2.24) is 4.57 Å². The Morgan fingerprint density at radius 3 is 2.53 bits per heavy atom. The number of alkyl halides is 1. The van der Waals surface area contributed by atoms with E-state index in [0.717, 1.165) is 16.6 Å². The lowest BCUT2D eigenvalue weighted by Gasteiger charge is -2.01. The summed E-state index contributed by atoms with van der Waals surface area (Å²) >= 11 is 3.32. The molecule has 0 unspecified atom stereocenters. The molecule has 0 atom stereocenters. The normalized spacial score (nSPS) is 10.4. The Morgan fingerprint density at radius 1 is 1.32 bits per heavy atom. The lowest BCUT2D eigenvalue weighted by atomic mass is 10.1. The van der Waals surface area contributed by atoms with Crippen LogP contribution in [0, 0.1) is 10.1 Å². The third-order valence-electron chi connectivity index (χ3n) is 2.80. The number of benzene rings is 1. The van der Waals surface area contributed by atoms with E-state index in [2.05, 4.69) is 15.9 Å². The Morgan fingerprint density at radius 2 is 2.00 bits per heavy atom. The van der Waals surface area contributed by atoms with Gasteiger partial charge in [-0.3, -0.25) is 10.1 Å². The van der Waals surface area contributed by atoms with Crippen molar-refractivity contribution in [2.24, 2.45) is 0 Å². The van der Waals surface area contributed by atoms with Crippen molar-refractivity contribution in [1.29, 1.82) is 0 Å². The van der Waals surface area contributed by atoms with E-state index in [1.54, 1.807) is 31.6 Å². The van der Waals surface area contributed by atoms with Crippen molar-refractivity contribution in [3.8, 4) is 16.9 Å². The Hall–Kier alpha value is -1.82. The van der Waals surface area contributed by atoms with Crippen LogP contribution < -0.4 is 4.74 Å². The van der Waals surface area contributed by atoms with Gasteiger partial charge in [0.05, 0.1) is 23.8 Å². The summed E-state index contributed by atoms with van der Waals surface area (Å²) in [6.45, 7) is 0.691. The van der Waals surface area contributed by atoms with Crippen LogP contribution in [0.1, 0.15) is 0 Å². The summed E-state index contributed by atoms with van der Waals surface area (Å²) in [5.74, 6) is 0.728. The first kappa shape index (κ1) is 13.6. The zero-order valence-electron chi connectivity index (χ0n) is 10.4. The maximum absolute atomic E-state index is 11.1. The summed E-state index contributed by atoms with van der Waals surface area (Å²) in [5.41, 5.74) is 1.54. The molecular weight excluding hydrogens is 312 g/mol. The molecule has 0 fully saturated rings. The van der Waals surface area contributed by atoms with Crippen LogP contribution in [0.25, 0.3) is 11.1 Å². The number of nitro groups is 1. The Labute approximate surface area is 119 Å². The SMILES string of the molecule is COc1ccc(-c2cn(CCBr)cc2[N+](=O)[O-])cc1. The van der Waals surface area contributed by atoms with Gasteiger partial charge in [-0.1, -0.05) is 28.1 Å². The molecule has 1 aromatic carbocycles. The van der Waals surface area contributed by atoms with Crippen LogP contribution in [0.15, 0.2) is 36.7 Å². The molecule has 100 valence electrons.